The first kappa shape index (κ1) is 29.2. The summed E-state index contributed by atoms with van der Waals surface area (Å²) in [5.41, 5.74) is 6.32. The van der Waals surface area contributed by atoms with Gasteiger partial charge in [0.05, 0.1) is 16.3 Å². The van der Waals surface area contributed by atoms with Crippen LogP contribution < -0.4 is 15.4 Å². The fourth-order valence-corrected chi connectivity index (χ4v) is 7.64. The third-order valence-corrected chi connectivity index (χ3v) is 10.1. The number of hydrogen-bond acceptors (Lipinski definition) is 5. The molecule has 1 aliphatic carbocycles. The van der Waals surface area contributed by atoms with E-state index >= 15 is 0 Å². The van der Waals surface area contributed by atoms with Crippen molar-refractivity contribution in [2.45, 2.75) is 81.8 Å². The molecule has 3 aromatic carbocycles. The minimum absolute atomic E-state index is 0.0551. The van der Waals surface area contributed by atoms with Gasteiger partial charge in [-0.3, -0.25) is 9.52 Å². The van der Waals surface area contributed by atoms with Crippen molar-refractivity contribution in [3.63, 3.8) is 0 Å². The Morgan fingerprint density at radius 2 is 1.90 bits per heavy atom. The van der Waals surface area contributed by atoms with Gasteiger partial charge in [-0.15, -0.1) is 11.3 Å². The Kier molecular flexibility index (Phi) is 9.23. The van der Waals surface area contributed by atoms with Crippen LogP contribution in [0.3, 0.4) is 0 Å². The summed E-state index contributed by atoms with van der Waals surface area (Å²) in [6.45, 7) is 9.54. The average molecular weight is 592 g/mol. The van der Waals surface area contributed by atoms with Gasteiger partial charge >= 0.3 is 0 Å². The molecule has 0 fully saturated rings. The summed E-state index contributed by atoms with van der Waals surface area (Å²) in [5, 5.41) is 8.88. The summed E-state index contributed by atoms with van der Waals surface area (Å²) in [6, 6.07) is 23.0. The predicted molar refractivity (Wildman–Crippen MR) is 171 cm³/mol. The first-order valence-corrected chi connectivity index (χ1v) is 16.0. The number of nitrogens with one attached hydrogen (secondary N) is 3. The Labute approximate surface area is 251 Å². The summed E-state index contributed by atoms with van der Waals surface area (Å²) < 4.78 is 6.02. The molecule has 0 saturated carbocycles. The molecule has 0 saturated heterocycles. The maximum Gasteiger partial charge on any atom is 0.222 e. The standard InChI is InChI=1S/C33H38ClN3OS2/c1-21-27-18-25(34)14-16-30(27)39-32(21)40-37-29(23-9-6-5-7-10-23)19-31(38)36-28-12-8-11-24-17-22(13-15-26(24)28)20-35-33(2,3)4/h5-7,9-10,13-18,28-29,35,37H,8,11-12,19-20H2,1-4H3,(H,36,38)/t28?,29-/m1/s1. The van der Waals surface area contributed by atoms with Gasteiger partial charge in [-0.25, -0.2) is 0 Å². The molecule has 1 aliphatic rings. The number of carbonyl (C=O) groups excluding carboxylic acids is 1. The van der Waals surface area contributed by atoms with Crippen molar-refractivity contribution in [1.29, 1.82) is 0 Å². The number of rotatable bonds is 9. The number of benzene rings is 3. The van der Waals surface area contributed by atoms with E-state index in [-0.39, 0.29) is 23.5 Å². The molecule has 1 amide bonds. The third-order valence-electron chi connectivity index (χ3n) is 7.42. The van der Waals surface area contributed by atoms with Crippen LogP contribution in [-0.2, 0) is 17.8 Å². The maximum absolute atomic E-state index is 13.5. The van der Waals surface area contributed by atoms with E-state index in [1.54, 1.807) is 23.3 Å². The van der Waals surface area contributed by atoms with Crippen LogP contribution in [0.4, 0.5) is 0 Å². The van der Waals surface area contributed by atoms with E-state index in [1.807, 2.05) is 30.3 Å². The van der Waals surface area contributed by atoms with Crippen LogP contribution in [0, 0.1) is 6.92 Å². The molecular weight excluding hydrogens is 554 g/mol. The monoisotopic (exact) mass is 591 g/mol. The largest absolute Gasteiger partial charge is 0.349 e. The van der Waals surface area contributed by atoms with Crippen LogP contribution in [0.5, 0.6) is 0 Å². The Balaban J connectivity index is 1.27. The lowest BCUT2D eigenvalue weighted by atomic mass is 9.86. The zero-order valence-electron chi connectivity index (χ0n) is 23.6. The van der Waals surface area contributed by atoms with E-state index in [9.17, 15) is 4.79 Å². The number of hydrogen-bond donors (Lipinski definition) is 3. The van der Waals surface area contributed by atoms with Gasteiger partial charge in [0, 0.05) is 28.2 Å². The number of amides is 1. The Bertz CT molecular complexity index is 1480. The molecule has 5 rings (SSSR count). The van der Waals surface area contributed by atoms with Crippen LogP contribution in [0.2, 0.25) is 5.02 Å². The molecule has 0 radical (unpaired) electrons. The van der Waals surface area contributed by atoms with Crippen LogP contribution in [-0.4, -0.2) is 11.4 Å². The van der Waals surface area contributed by atoms with Gasteiger partial charge < -0.3 is 10.6 Å². The quantitative estimate of drug-likeness (QED) is 0.170. The highest BCUT2D eigenvalue weighted by Crippen LogP contribution is 2.39. The van der Waals surface area contributed by atoms with Crippen molar-refractivity contribution < 1.29 is 4.79 Å². The van der Waals surface area contributed by atoms with E-state index < -0.39 is 0 Å². The number of thiophene rings is 1. The van der Waals surface area contributed by atoms with Crippen molar-refractivity contribution in [2.24, 2.45) is 0 Å². The SMILES string of the molecule is Cc1c(SN[C@H](CC(=O)NC2CCCc3cc(CNC(C)(C)C)ccc32)c2ccccc2)sc2ccc(Cl)cc12. The molecule has 1 unspecified atom stereocenters. The molecule has 0 aliphatic heterocycles. The summed E-state index contributed by atoms with van der Waals surface area (Å²) in [5.74, 6) is 0.0677. The van der Waals surface area contributed by atoms with Crippen molar-refractivity contribution >= 4 is 50.9 Å². The molecule has 4 nitrogen and oxygen atoms in total. The number of aryl methyl sites for hydroxylation is 2. The number of halogens is 1. The van der Waals surface area contributed by atoms with Gasteiger partial charge in [-0.1, -0.05) is 60.1 Å². The van der Waals surface area contributed by atoms with Crippen LogP contribution in [0.1, 0.15) is 79.9 Å². The predicted octanol–water partition coefficient (Wildman–Crippen LogP) is 8.67. The molecule has 40 heavy (non-hydrogen) atoms. The molecule has 210 valence electrons. The highest BCUT2D eigenvalue weighted by atomic mass is 35.5. The molecule has 1 aromatic heterocycles. The summed E-state index contributed by atoms with van der Waals surface area (Å²) in [7, 11) is 0. The fourth-order valence-electron chi connectivity index (χ4n) is 5.24. The highest BCUT2D eigenvalue weighted by Gasteiger charge is 2.25. The topological polar surface area (TPSA) is 53.2 Å². The van der Waals surface area contributed by atoms with E-state index in [2.05, 4.69) is 79.4 Å². The van der Waals surface area contributed by atoms with Gasteiger partial charge in [0.2, 0.25) is 5.91 Å². The maximum atomic E-state index is 13.5. The lowest BCUT2D eigenvalue weighted by Gasteiger charge is -2.28. The van der Waals surface area contributed by atoms with E-state index in [1.165, 1.54) is 36.5 Å². The smallest absolute Gasteiger partial charge is 0.222 e. The van der Waals surface area contributed by atoms with Crippen molar-refractivity contribution in [3.8, 4) is 0 Å². The second-order valence-electron chi connectivity index (χ2n) is 11.7. The summed E-state index contributed by atoms with van der Waals surface area (Å²) >= 11 is 9.61. The first-order valence-electron chi connectivity index (χ1n) is 14.0. The molecule has 3 N–H and O–H groups in total. The lowest BCUT2D eigenvalue weighted by molar-refractivity contribution is -0.122. The second-order valence-corrected chi connectivity index (χ2v) is 14.3. The molecule has 0 bridgehead atoms. The summed E-state index contributed by atoms with van der Waals surface area (Å²) in [6.07, 6.45) is 3.49. The lowest BCUT2D eigenvalue weighted by Crippen LogP contribution is -2.35. The average Bonchev–Trinajstić information content (AvgIpc) is 3.24. The van der Waals surface area contributed by atoms with Crippen molar-refractivity contribution in [2.75, 3.05) is 0 Å². The van der Waals surface area contributed by atoms with Crippen LogP contribution in [0.15, 0.2) is 70.9 Å². The highest BCUT2D eigenvalue weighted by molar-refractivity contribution is 7.99. The zero-order valence-corrected chi connectivity index (χ0v) is 26.0. The van der Waals surface area contributed by atoms with Gasteiger partial charge in [-0.05, 0) is 110 Å². The van der Waals surface area contributed by atoms with Crippen molar-refractivity contribution in [1.82, 2.24) is 15.4 Å². The van der Waals surface area contributed by atoms with Gasteiger partial charge in [0.1, 0.15) is 0 Å². The van der Waals surface area contributed by atoms with Crippen LogP contribution >= 0.6 is 34.9 Å². The Morgan fingerprint density at radius 3 is 2.67 bits per heavy atom. The van der Waals surface area contributed by atoms with Crippen LogP contribution in [0.25, 0.3) is 10.1 Å². The number of carbonyl (C=O) groups is 1. The normalized spacial score (nSPS) is 16.1. The van der Waals surface area contributed by atoms with Crippen molar-refractivity contribution in [3.05, 3.63) is 99.6 Å². The summed E-state index contributed by atoms with van der Waals surface area (Å²) in [4.78, 5) is 13.5. The minimum Gasteiger partial charge on any atom is -0.349 e. The molecular formula is C33H38ClN3OS2. The Morgan fingerprint density at radius 1 is 1.10 bits per heavy atom. The minimum atomic E-state index is -0.117. The molecule has 4 aromatic rings. The Hall–Kier alpha value is -2.35. The first-order chi connectivity index (χ1) is 19.2. The van der Waals surface area contributed by atoms with E-state index in [0.29, 0.717) is 6.42 Å². The second kappa shape index (κ2) is 12.7. The molecule has 1 heterocycles. The van der Waals surface area contributed by atoms with E-state index in [4.69, 9.17) is 11.6 Å². The number of fused-ring (bicyclic) bond motifs is 2. The third kappa shape index (κ3) is 7.29. The zero-order chi connectivity index (χ0) is 28.3. The molecule has 2 atom stereocenters. The van der Waals surface area contributed by atoms with E-state index in [0.717, 1.165) is 36.4 Å². The fraction of sp³-hybridized carbons (Fsp3) is 0.364. The van der Waals surface area contributed by atoms with Gasteiger partial charge in [0.25, 0.3) is 0 Å². The van der Waals surface area contributed by atoms with Gasteiger partial charge in [0.15, 0.2) is 0 Å². The molecule has 7 heteroatoms. The molecule has 0 spiro atoms. The van der Waals surface area contributed by atoms with Gasteiger partial charge in [-0.2, -0.15) is 0 Å².